The summed E-state index contributed by atoms with van der Waals surface area (Å²) in [7, 11) is 0. The molecule has 0 unspecified atom stereocenters. The Morgan fingerprint density at radius 3 is 2.39 bits per heavy atom. The van der Waals surface area contributed by atoms with Gasteiger partial charge in [0, 0.05) is 25.7 Å². The smallest absolute Gasteiger partial charge is 0.249 e. The van der Waals surface area contributed by atoms with Gasteiger partial charge in [0.2, 0.25) is 5.91 Å². The highest BCUT2D eigenvalue weighted by Crippen LogP contribution is 2.33. The molecule has 0 N–H and O–H groups in total. The minimum Gasteiger partial charge on any atom is -0.343 e. The van der Waals surface area contributed by atoms with Crippen LogP contribution in [0.1, 0.15) is 37.7 Å². The van der Waals surface area contributed by atoms with E-state index in [1.807, 2.05) is 25.7 Å². The number of hydrogen-bond donors (Lipinski definition) is 0. The van der Waals surface area contributed by atoms with Crippen LogP contribution in [-0.2, 0) is 24.2 Å². The molecule has 0 saturated carbocycles. The zero-order chi connectivity index (χ0) is 23.7. The molecule has 0 fully saturated rings. The van der Waals surface area contributed by atoms with Crippen molar-refractivity contribution in [2.45, 2.75) is 46.2 Å². The summed E-state index contributed by atoms with van der Waals surface area (Å²) < 4.78 is 41.6. The van der Waals surface area contributed by atoms with Gasteiger partial charge in [0.15, 0.2) is 23.3 Å². The molecule has 3 aromatic rings. The Balaban J connectivity index is 1.47. The molecule has 174 valence electrons. The molecule has 0 spiro atoms. The van der Waals surface area contributed by atoms with Crippen molar-refractivity contribution in [2.75, 3.05) is 22.9 Å². The average molecular weight is 458 g/mol. The second-order valence-corrected chi connectivity index (χ2v) is 7.96. The van der Waals surface area contributed by atoms with Gasteiger partial charge < -0.3 is 9.80 Å². The molecule has 3 heterocycles. The van der Waals surface area contributed by atoms with Crippen LogP contribution in [0.5, 0.6) is 0 Å². The number of aryl methyl sites for hydroxylation is 2. The van der Waals surface area contributed by atoms with Gasteiger partial charge in [0.25, 0.3) is 0 Å². The lowest BCUT2D eigenvalue weighted by atomic mass is 10.1. The van der Waals surface area contributed by atoms with Crippen LogP contribution in [0, 0.1) is 17.5 Å². The zero-order valence-corrected chi connectivity index (χ0v) is 18.7. The molecule has 10 heteroatoms. The van der Waals surface area contributed by atoms with Crippen LogP contribution in [0.25, 0.3) is 0 Å². The first kappa shape index (κ1) is 22.8. The number of aromatic nitrogens is 4. The van der Waals surface area contributed by atoms with E-state index in [4.69, 9.17) is 4.98 Å². The number of rotatable bonds is 7. The fourth-order valence-corrected chi connectivity index (χ4v) is 4.10. The largest absolute Gasteiger partial charge is 0.343 e. The van der Waals surface area contributed by atoms with Crippen molar-refractivity contribution in [3.05, 3.63) is 65.1 Å². The fraction of sp³-hybridized carbons (Fsp3) is 0.391. The Hall–Kier alpha value is -3.43. The number of halogens is 3. The quantitative estimate of drug-likeness (QED) is 0.507. The molecule has 0 bridgehead atoms. The van der Waals surface area contributed by atoms with E-state index in [9.17, 15) is 18.0 Å². The highest BCUT2D eigenvalue weighted by molar-refractivity contribution is 6.04. The van der Waals surface area contributed by atoms with E-state index in [0.717, 1.165) is 29.2 Å². The van der Waals surface area contributed by atoms with Gasteiger partial charge in [-0.25, -0.2) is 23.1 Å². The maximum absolute atomic E-state index is 13.4. The predicted octanol–water partition coefficient (Wildman–Crippen LogP) is 3.51. The summed E-state index contributed by atoms with van der Waals surface area (Å²) >= 11 is 0. The number of fused-ring (bicyclic) bond motifs is 1. The summed E-state index contributed by atoms with van der Waals surface area (Å²) in [5, 5.41) is 4.23. The first-order chi connectivity index (χ1) is 15.8. The molecule has 7 nitrogen and oxygen atoms in total. The van der Waals surface area contributed by atoms with Gasteiger partial charge in [-0.05, 0) is 50.5 Å². The third kappa shape index (κ3) is 4.42. The Morgan fingerprint density at radius 2 is 1.73 bits per heavy atom. The van der Waals surface area contributed by atoms with Crippen molar-refractivity contribution in [3.8, 4) is 0 Å². The summed E-state index contributed by atoms with van der Waals surface area (Å²) in [5.41, 5.74) is 1.91. The van der Waals surface area contributed by atoms with Gasteiger partial charge in [0.05, 0.1) is 18.9 Å². The molecule has 1 aliphatic heterocycles. The molecule has 1 aromatic carbocycles. The minimum atomic E-state index is -1.48. The topological polar surface area (TPSA) is 67.2 Å². The first-order valence-electron chi connectivity index (χ1n) is 10.9. The molecule has 0 aliphatic carbocycles. The van der Waals surface area contributed by atoms with Crippen molar-refractivity contribution in [1.82, 2.24) is 19.7 Å². The number of benzene rings is 1. The van der Waals surface area contributed by atoms with E-state index in [2.05, 4.69) is 10.1 Å². The number of amides is 1. The van der Waals surface area contributed by atoms with Crippen LogP contribution in [-0.4, -0.2) is 44.8 Å². The number of nitrogens with zero attached hydrogens (tertiary/aromatic N) is 6. The molecule has 2 aromatic heterocycles. The maximum Gasteiger partial charge on any atom is 0.249 e. The number of hydrogen-bond acceptors (Lipinski definition) is 5. The summed E-state index contributed by atoms with van der Waals surface area (Å²) in [6, 6.07) is 1.64. The van der Waals surface area contributed by atoms with Gasteiger partial charge >= 0.3 is 0 Å². The fourth-order valence-electron chi connectivity index (χ4n) is 4.10. The lowest BCUT2D eigenvalue weighted by Gasteiger charge is -2.39. The second kappa shape index (κ2) is 9.21. The summed E-state index contributed by atoms with van der Waals surface area (Å²) in [6.07, 6.45) is 6.32. The second-order valence-electron chi connectivity index (χ2n) is 7.96. The van der Waals surface area contributed by atoms with E-state index in [1.54, 1.807) is 28.2 Å². The van der Waals surface area contributed by atoms with Crippen LogP contribution in [0.2, 0.25) is 0 Å². The van der Waals surface area contributed by atoms with Crippen LogP contribution >= 0.6 is 0 Å². The van der Waals surface area contributed by atoms with Crippen molar-refractivity contribution in [1.29, 1.82) is 0 Å². The normalized spacial score (nSPS) is 15.8. The lowest BCUT2D eigenvalue weighted by molar-refractivity contribution is -0.119. The third-order valence-corrected chi connectivity index (χ3v) is 5.82. The van der Waals surface area contributed by atoms with Crippen LogP contribution in [0.4, 0.5) is 24.7 Å². The van der Waals surface area contributed by atoms with Crippen LogP contribution in [0.15, 0.2) is 30.7 Å². The average Bonchev–Trinajstić information content (AvgIpc) is 3.24. The summed E-state index contributed by atoms with van der Waals surface area (Å²) in [5.74, 6) is -2.47. The molecular formula is C23H25F3N6O. The molecule has 1 aliphatic rings. The molecule has 1 amide bonds. The molecule has 33 heavy (non-hydrogen) atoms. The van der Waals surface area contributed by atoms with Gasteiger partial charge in [-0.15, -0.1) is 0 Å². The number of carbonyl (C=O) groups excluding carboxylic acids is 1. The van der Waals surface area contributed by atoms with Crippen molar-refractivity contribution in [2.24, 2.45) is 0 Å². The number of anilines is 2. The van der Waals surface area contributed by atoms with E-state index >= 15 is 0 Å². The zero-order valence-electron chi connectivity index (χ0n) is 18.7. The van der Waals surface area contributed by atoms with Gasteiger partial charge in [-0.3, -0.25) is 9.48 Å². The Morgan fingerprint density at radius 1 is 1.00 bits per heavy atom. The number of carbonyl (C=O) groups is 1. The predicted molar refractivity (Wildman–Crippen MR) is 118 cm³/mol. The van der Waals surface area contributed by atoms with Crippen molar-refractivity contribution < 1.29 is 18.0 Å². The summed E-state index contributed by atoms with van der Waals surface area (Å²) in [4.78, 5) is 25.5. The Kier molecular flexibility index (Phi) is 6.35. The highest BCUT2D eigenvalue weighted by Gasteiger charge is 2.35. The Labute approximate surface area is 189 Å². The standard InChI is InChI=1S/C23H25F3N6O/c1-4-31-14(3)23(33)32(5-2)19-11-27-20(29-22(19)31)7-6-15-10-28-30(12-15)13-16-8-17(24)21(26)18(25)9-16/h8-12,14H,4-7,13H2,1-3H3/t14-/m1/s1. The Bertz CT molecular complexity index is 1160. The van der Waals surface area contributed by atoms with Gasteiger partial charge in [0.1, 0.15) is 17.6 Å². The lowest BCUT2D eigenvalue weighted by Crippen LogP contribution is -2.52. The van der Waals surface area contributed by atoms with Gasteiger partial charge in [-0.2, -0.15) is 5.10 Å². The maximum atomic E-state index is 13.4. The number of likely N-dealkylation sites (N-methyl/N-ethyl adjacent to an activating group) is 2. The first-order valence-corrected chi connectivity index (χ1v) is 10.9. The van der Waals surface area contributed by atoms with Crippen molar-refractivity contribution in [3.63, 3.8) is 0 Å². The van der Waals surface area contributed by atoms with Crippen LogP contribution in [0.3, 0.4) is 0 Å². The van der Waals surface area contributed by atoms with Crippen molar-refractivity contribution >= 4 is 17.4 Å². The molecule has 0 radical (unpaired) electrons. The van der Waals surface area contributed by atoms with E-state index < -0.39 is 17.5 Å². The van der Waals surface area contributed by atoms with Crippen LogP contribution < -0.4 is 9.80 Å². The monoisotopic (exact) mass is 458 g/mol. The summed E-state index contributed by atoms with van der Waals surface area (Å²) in [6.45, 7) is 7.13. The molecular weight excluding hydrogens is 433 g/mol. The van der Waals surface area contributed by atoms with E-state index in [0.29, 0.717) is 31.8 Å². The van der Waals surface area contributed by atoms with Gasteiger partial charge in [-0.1, -0.05) is 0 Å². The molecule has 0 saturated heterocycles. The molecule has 4 rings (SSSR count). The molecule has 1 atom stereocenters. The SMILES string of the molecule is CCN1C(=O)[C@@H](C)N(CC)c2nc(CCc3cnn(Cc4cc(F)c(F)c(F)c4)c3)ncc21. The third-order valence-electron chi connectivity index (χ3n) is 5.82. The van der Waals surface area contributed by atoms with E-state index in [-0.39, 0.29) is 24.1 Å². The highest BCUT2D eigenvalue weighted by atomic mass is 19.2. The van der Waals surface area contributed by atoms with E-state index in [1.165, 1.54) is 0 Å². The minimum absolute atomic E-state index is 0.0385.